The van der Waals surface area contributed by atoms with Gasteiger partial charge in [-0.1, -0.05) is 60.3 Å². The van der Waals surface area contributed by atoms with Gasteiger partial charge in [0.2, 0.25) is 0 Å². The second-order valence-electron chi connectivity index (χ2n) is 5.30. The van der Waals surface area contributed by atoms with Gasteiger partial charge in [-0.25, -0.2) is 0 Å². The molecule has 1 aliphatic rings. The molecule has 0 saturated carbocycles. The van der Waals surface area contributed by atoms with Crippen molar-refractivity contribution in [2.75, 3.05) is 5.32 Å². The molecule has 0 aliphatic carbocycles. The number of fused-ring (bicyclic) bond motifs is 2. The highest BCUT2D eigenvalue weighted by atomic mass is 32.2. The second-order valence-corrected chi connectivity index (χ2v) is 6.39. The summed E-state index contributed by atoms with van der Waals surface area (Å²) in [6.45, 7) is 4.24. The van der Waals surface area contributed by atoms with Crippen LogP contribution in [0.25, 0.3) is 0 Å². The lowest BCUT2D eigenvalue weighted by Crippen LogP contribution is -1.98. The Balaban J connectivity index is 0.000000154. The Labute approximate surface area is 136 Å². The third kappa shape index (κ3) is 3.34. The summed E-state index contributed by atoms with van der Waals surface area (Å²) in [5.74, 6) is 0. The summed E-state index contributed by atoms with van der Waals surface area (Å²) in [6, 6.07) is 25.1. The summed E-state index contributed by atoms with van der Waals surface area (Å²) in [5, 5.41) is 3.42. The van der Waals surface area contributed by atoms with Crippen LogP contribution in [0.5, 0.6) is 0 Å². The third-order valence-electron chi connectivity index (χ3n) is 3.69. The zero-order valence-electron chi connectivity index (χ0n) is 12.8. The first kappa shape index (κ1) is 14.7. The molecule has 0 fully saturated rings. The summed E-state index contributed by atoms with van der Waals surface area (Å²) in [4.78, 5) is 2.59. The summed E-state index contributed by atoms with van der Waals surface area (Å²) < 4.78 is 0. The SMILES string of the molecule is Cc1ccccc1C.c1ccc2c(c1)Nc1ccccc1S2. The maximum absolute atomic E-state index is 3.42. The van der Waals surface area contributed by atoms with E-state index in [1.165, 1.54) is 32.3 Å². The minimum atomic E-state index is 1.20. The Morgan fingerprint density at radius 3 is 1.45 bits per heavy atom. The number of rotatable bonds is 0. The van der Waals surface area contributed by atoms with E-state index in [9.17, 15) is 0 Å². The van der Waals surface area contributed by atoms with Gasteiger partial charge in [0.25, 0.3) is 0 Å². The first-order valence-electron chi connectivity index (χ1n) is 7.39. The minimum Gasteiger partial charge on any atom is -0.354 e. The molecule has 0 unspecified atom stereocenters. The van der Waals surface area contributed by atoms with Gasteiger partial charge in [-0.3, -0.25) is 0 Å². The molecular weight excluding hydrogens is 286 g/mol. The molecule has 1 aliphatic heterocycles. The van der Waals surface area contributed by atoms with Crippen molar-refractivity contribution in [3.05, 3.63) is 83.9 Å². The van der Waals surface area contributed by atoms with Crippen molar-refractivity contribution in [2.45, 2.75) is 23.6 Å². The standard InChI is InChI=1S/C12H9NS.C8H10/c1-3-7-11-9(5-1)13-10-6-2-4-8-12(10)14-11;1-7-5-3-4-6-8(7)2/h1-8,13H;3-6H,1-2H3. The van der Waals surface area contributed by atoms with Crippen LogP contribution in [0.1, 0.15) is 11.1 Å². The highest BCUT2D eigenvalue weighted by molar-refractivity contribution is 7.99. The zero-order chi connectivity index (χ0) is 15.4. The van der Waals surface area contributed by atoms with Gasteiger partial charge in [-0.05, 0) is 49.2 Å². The predicted molar refractivity (Wildman–Crippen MR) is 96.2 cm³/mol. The Morgan fingerprint density at radius 2 is 1.00 bits per heavy atom. The molecule has 0 spiro atoms. The van der Waals surface area contributed by atoms with Crippen LogP contribution < -0.4 is 5.32 Å². The van der Waals surface area contributed by atoms with E-state index in [0.717, 1.165) is 0 Å². The average molecular weight is 305 g/mol. The third-order valence-corrected chi connectivity index (χ3v) is 4.84. The molecule has 3 aromatic rings. The summed E-state index contributed by atoms with van der Waals surface area (Å²) in [6.07, 6.45) is 0. The van der Waals surface area contributed by atoms with Crippen LogP contribution in [0.4, 0.5) is 11.4 Å². The maximum Gasteiger partial charge on any atom is 0.0526 e. The summed E-state index contributed by atoms with van der Waals surface area (Å²) >= 11 is 1.82. The Kier molecular flexibility index (Phi) is 4.50. The van der Waals surface area contributed by atoms with E-state index >= 15 is 0 Å². The lowest BCUT2D eigenvalue weighted by atomic mass is 10.1. The van der Waals surface area contributed by atoms with Gasteiger partial charge in [-0.15, -0.1) is 0 Å². The highest BCUT2D eigenvalue weighted by Gasteiger charge is 2.13. The number of nitrogens with one attached hydrogen (secondary N) is 1. The lowest BCUT2D eigenvalue weighted by Gasteiger charge is -2.19. The van der Waals surface area contributed by atoms with E-state index in [1.807, 2.05) is 11.8 Å². The average Bonchev–Trinajstić information content (AvgIpc) is 2.56. The fourth-order valence-corrected chi connectivity index (χ4v) is 3.23. The van der Waals surface area contributed by atoms with Crippen molar-refractivity contribution >= 4 is 23.1 Å². The molecule has 2 heteroatoms. The van der Waals surface area contributed by atoms with Gasteiger partial charge in [0.15, 0.2) is 0 Å². The van der Waals surface area contributed by atoms with Gasteiger partial charge in [-0.2, -0.15) is 0 Å². The molecule has 0 amide bonds. The largest absolute Gasteiger partial charge is 0.354 e. The smallest absolute Gasteiger partial charge is 0.0526 e. The maximum atomic E-state index is 3.42. The fourth-order valence-electron chi connectivity index (χ4n) is 2.24. The molecule has 0 bridgehead atoms. The van der Waals surface area contributed by atoms with Gasteiger partial charge in [0.1, 0.15) is 0 Å². The predicted octanol–water partition coefficient (Wildman–Crippen LogP) is 6.20. The molecule has 0 atom stereocenters. The number of anilines is 2. The highest BCUT2D eigenvalue weighted by Crippen LogP contribution is 2.43. The van der Waals surface area contributed by atoms with Gasteiger partial charge >= 0.3 is 0 Å². The molecule has 0 aromatic heterocycles. The monoisotopic (exact) mass is 305 g/mol. The van der Waals surface area contributed by atoms with Crippen LogP contribution >= 0.6 is 11.8 Å². The van der Waals surface area contributed by atoms with Crippen molar-refractivity contribution < 1.29 is 0 Å². The fraction of sp³-hybridized carbons (Fsp3) is 0.100. The lowest BCUT2D eigenvalue weighted by molar-refractivity contribution is 1.32. The molecule has 110 valence electrons. The number of hydrogen-bond donors (Lipinski definition) is 1. The van der Waals surface area contributed by atoms with Gasteiger partial charge in [0, 0.05) is 9.79 Å². The summed E-state index contributed by atoms with van der Waals surface area (Å²) in [5.41, 5.74) is 5.15. The van der Waals surface area contributed by atoms with Crippen LogP contribution in [0.15, 0.2) is 82.6 Å². The van der Waals surface area contributed by atoms with Crippen molar-refractivity contribution in [3.63, 3.8) is 0 Å². The van der Waals surface area contributed by atoms with Crippen LogP contribution in [0.2, 0.25) is 0 Å². The molecular formula is C20H19NS. The van der Waals surface area contributed by atoms with Crippen molar-refractivity contribution in [3.8, 4) is 0 Å². The number of hydrogen-bond acceptors (Lipinski definition) is 2. The van der Waals surface area contributed by atoms with E-state index in [-0.39, 0.29) is 0 Å². The van der Waals surface area contributed by atoms with Gasteiger partial charge in [0.05, 0.1) is 11.4 Å². The van der Waals surface area contributed by atoms with Crippen LogP contribution in [-0.2, 0) is 0 Å². The first-order chi connectivity index (χ1) is 10.7. The zero-order valence-corrected chi connectivity index (χ0v) is 13.7. The van der Waals surface area contributed by atoms with E-state index in [4.69, 9.17) is 0 Å². The Hall–Kier alpha value is -2.19. The molecule has 4 rings (SSSR count). The second kappa shape index (κ2) is 6.71. The van der Waals surface area contributed by atoms with E-state index < -0.39 is 0 Å². The summed E-state index contributed by atoms with van der Waals surface area (Å²) in [7, 11) is 0. The normalized spacial score (nSPS) is 11.4. The van der Waals surface area contributed by atoms with E-state index in [2.05, 4.69) is 92.0 Å². The molecule has 3 aromatic carbocycles. The number of aryl methyl sites for hydroxylation is 2. The van der Waals surface area contributed by atoms with Crippen molar-refractivity contribution in [2.24, 2.45) is 0 Å². The Morgan fingerprint density at radius 1 is 0.591 bits per heavy atom. The number of benzene rings is 3. The molecule has 0 saturated heterocycles. The van der Waals surface area contributed by atoms with Crippen molar-refractivity contribution in [1.82, 2.24) is 0 Å². The molecule has 22 heavy (non-hydrogen) atoms. The van der Waals surface area contributed by atoms with Crippen molar-refractivity contribution in [1.29, 1.82) is 0 Å². The van der Waals surface area contributed by atoms with Crippen LogP contribution in [0.3, 0.4) is 0 Å². The molecule has 1 nitrogen and oxygen atoms in total. The molecule has 1 N–H and O–H groups in total. The van der Waals surface area contributed by atoms with Gasteiger partial charge < -0.3 is 5.32 Å². The molecule has 0 radical (unpaired) electrons. The van der Waals surface area contributed by atoms with Crippen LogP contribution in [0, 0.1) is 13.8 Å². The van der Waals surface area contributed by atoms with E-state index in [1.54, 1.807) is 0 Å². The Bertz CT molecular complexity index is 671. The quantitative estimate of drug-likeness (QED) is 0.415. The first-order valence-corrected chi connectivity index (χ1v) is 8.21. The van der Waals surface area contributed by atoms with E-state index in [0.29, 0.717) is 0 Å². The topological polar surface area (TPSA) is 12.0 Å². The number of para-hydroxylation sites is 2. The van der Waals surface area contributed by atoms with Crippen LogP contribution in [-0.4, -0.2) is 0 Å². The molecule has 1 heterocycles. The minimum absolute atomic E-state index is 1.20.